The van der Waals surface area contributed by atoms with Crippen molar-refractivity contribution < 1.29 is 4.21 Å². The Labute approximate surface area is 99.1 Å². The van der Waals surface area contributed by atoms with E-state index in [1.54, 1.807) is 6.20 Å². The molecule has 0 aliphatic carbocycles. The van der Waals surface area contributed by atoms with Gasteiger partial charge in [-0.1, -0.05) is 6.07 Å². The summed E-state index contributed by atoms with van der Waals surface area (Å²) in [4.78, 5) is 4.22. The van der Waals surface area contributed by atoms with Crippen molar-refractivity contribution in [2.75, 3.05) is 18.8 Å². The lowest BCUT2D eigenvalue weighted by molar-refractivity contribution is 0.408. The summed E-state index contributed by atoms with van der Waals surface area (Å²) in [5.41, 5.74) is 1.11. The molecule has 0 spiro atoms. The molecule has 4 heteroatoms. The molecule has 2 atom stereocenters. The quantitative estimate of drug-likeness (QED) is 0.867. The molecule has 0 radical (unpaired) electrons. The average Bonchev–Trinajstić information content (AvgIpc) is 2.31. The molecule has 0 aromatic carbocycles. The van der Waals surface area contributed by atoms with Crippen LogP contribution in [0.25, 0.3) is 0 Å². The molecule has 1 aromatic rings. The number of pyridine rings is 1. The van der Waals surface area contributed by atoms with E-state index in [-0.39, 0.29) is 0 Å². The van der Waals surface area contributed by atoms with E-state index in [0.717, 1.165) is 29.4 Å². The summed E-state index contributed by atoms with van der Waals surface area (Å²) >= 11 is 0. The van der Waals surface area contributed by atoms with Crippen LogP contribution in [0.2, 0.25) is 0 Å². The fourth-order valence-electron chi connectivity index (χ4n) is 1.95. The van der Waals surface area contributed by atoms with Crippen molar-refractivity contribution >= 4 is 10.8 Å². The van der Waals surface area contributed by atoms with Crippen LogP contribution in [-0.2, 0) is 10.8 Å². The third-order valence-corrected chi connectivity index (χ3v) is 4.39. The highest BCUT2D eigenvalue weighted by atomic mass is 32.2. The summed E-state index contributed by atoms with van der Waals surface area (Å²) in [5, 5.41) is 4.06. The van der Waals surface area contributed by atoms with Crippen LogP contribution in [0.4, 0.5) is 0 Å². The second-order valence-electron chi connectivity index (χ2n) is 4.40. The summed E-state index contributed by atoms with van der Waals surface area (Å²) in [7, 11) is -0.940. The van der Waals surface area contributed by atoms with Gasteiger partial charge in [0.25, 0.3) is 0 Å². The molecule has 0 saturated carbocycles. The number of hydrogen-bond acceptors (Lipinski definition) is 3. The second kappa shape index (κ2) is 5.55. The van der Waals surface area contributed by atoms with Crippen LogP contribution in [0.3, 0.4) is 0 Å². The van der Waals surface area contributed by atoms with E-state index in [1.165, 1.54) is 12.8 Å². The zero-order chi connectivity index (χ0) is 11.4. The third kappa shape index (κ3) is 3.12. The van der Waals surface area contributed by atoms with E-state index in [1.807, 2.05) is 19.1 Å². The van der Waals surface area contributed by atoms with Crippen LogP contribution in [0, 0.1) is 12.8 Å². The maximum absolute atomic E-state index is 12.0. The number of aromatic nitrogens is 1. The molecule has 16 heavy (non-hydrogen) atoms. The largest absolute Gasteiger partial charge is 0.316 e. The fraction of sp³-hybridized carbons (Fsp3) is 0.583. The van der Waals surface area contributed by atoms with Crippen LogP contribution in [-0.4, -0.2) is 28.0 Å². The maximum Gasteiger partial charge on any atom is 0.127 e. The van der Waals surface area contributed by atoms with Gasteiger partial charge in [0, 0.05) is 11.9 Å². The summed E-state index contributed by atoms with van der Waals surface area (Å²) in [6, 6.07) is 3.85. The number of nitrogens with one attached hydrogen (secondary N) is 1. The van der Waals surface area contributed by atoms with E-state index in [0.29, 0.717) is 5.92 Å². The van der Waals surface area contributed by atoms with E-state index in [9.17, 15) is 4.21 Å². The Bertz CT molecular complexity index is 358. The molecule has 1 aliphatic rings. The average molecular weight is 238 g/mol. The molecular formula is C12H18N2OS. The molecule has 2 heterocycles. The predicted molar refractivity (Wildman–Crippen MR) is 65.8 cm³/mol. The molecule has 88 valence electrons. The molecule has 1 N–H and O–H groups in total. The van der Waals surface area contributed by atoms with Crippen LogP contribution in [0.5, 0.6) is 0 Å². The van der Waals surface area contributed by atoms with E-state index in [4.69, 9.17) is 0 Å². The SMILES string of the molecule is Cc1ccc([S@@](=O)C[C@@H]2CCCNC2)nc1. The predicted octanol–water partition coefficient (Wildman–Crippen LogP) is 1.50. The lowest BCUT2D eigenvalue weighted by atomic mass is 10.0. The third-order valence-electron chi connectivity index (χ3n) is 2.90. The smallest absolute Gasteiger partial charge is 0.127 e. The Morgan fingerprint density at radius 3 is 3.06 bits per heavy atom. The van der Waals surface area contributed by atoms with Gasteiger partial charge in [-0.05, 0) is 50.4 Å². The minimum atomic E-state index is -0.940. The van der Waals surface area contributed by atoms with Gasteiger partial charge >= 0.3 is 0 Å². The van der Waals surface area contributed by atoms with E-state index >= 15 is 0 Å². The molecule has 1 fully saturated rings. The van der Waals surface area contributed by atoms with Crippen molar-refractivity contribution in [3.8, 4) is 0 Å². The van der Waals surface area contributed by atoms with Gasteiger partial charge in [-0.15, -0.1) is 0 Å². The van der Waals surface area contributed by atoms with Crippen molar-refractivity contribution in [1.29, 1.82) is 0 Å². The minimum Gasteiger partial charge on any atom is -0.316 e. The minimum absolute atomic E-state index is 0.540. The lowest BCUT2D eigenvalue weighted by Gasteiger charge is -2.21. The zero-order valence-corrected chi connectivity index (χ0v) is 10.4. The number of aryl methyl sites for hydroxylation is 1. The standard InChI is InChI=1S/C12H18N2OS/c1-10-4-5-12(14-7-10)16(15)9-11-3-2-6-13-8-11/h4-5,7,11,13H,2-3,6,8-9H2,1H3/t11-,16+/m1/s1. The summed E-state index contributed by atoms with van der Waals surface area (Å²) < 4.78 is 12.0. The van der Waals surface area contributed by atoms with Crippen molar-refractivity contribution in [3.05, 3.63) is 23.9 Å². The van der Waals surface area contributed by atoms with Crippen LogP contribution in [0.1, 0.15) is 18.4 Å². The molecule has 0 bridgehead atoms. The first kappa shape index (κ1) is 11.7. The molecule has 1 aliphatic heterocycles. The van der Waals surface area contributed by atoms with Crippen molar-refractivity contribution in [3.63, 3.8) is 0 Å². The first-order valence-electron chi connectivity index (χ1n) is 5.77. The van der Waals surface area contributed by atoms with Gasteiger partial charge in [-0.25, -0.2) is 4.98 Å². The van der Waals surface area contributed by atoms with Gasteiger partial charge in [0.15, 0.2) is 0 Å². The lowest BCUT2D eigenvalue weighted by Crippen LogP contribution is -2.32. The van der Waals surface area contributed by atoms with Crippen molar-refractivity contribution in [2.24, 2.45) is 5.92 Å². The Morgan fingerprint density at radius 1 is 1.56 bits per heavy atom. The topological polar surface area (TPSA) is 42.0 Å². The Balaban J connectivity index is 1.94. The molecule has 3 nitrogen and oxygen atoms in total. The zero-order valence-electron chi connectivity index (χ0n) is 9.61. The van der Waals surface area contributed by atoms with Crippen LogP contribution < -0.4 is 5.32 Å². The Kier molecular flexibility index (Phi) is 4.07. The van der Waals surface area contributed by atoms with E-state index in [2.05, 4.69) is 10.3 Å². The molecule has 0 unspecified atom stereocenters. The highest BCUT2D eigenvalue weighted by Gasteiger charge is 2.17. The Morgan fingerprint density at radius 2 is 2.44 bits per heavy atom. The molecular weight excluding hydrogens is 220 g/mol. The highest BCUT2D eigenvalue weighted by molar-refractivity contribution is 7.84. The number of nitrogens with zero attached hydrogens (tertiary/aromatic N) is 1. The number of rotatable bonds is 3. The number of piperidine rings is 1. The van der Waals surface area contributed by atoms with Crippen LogP contribution >= 0.6 is 0 Å². The maximum atomic E-state index is 12.0. The summed E-state index contributed by atoms with van der Waals surface area (Å²) in [6.07, 6.45) is 4.17. The van der Waals surface area contributed by atoms with Crippen molar-refractivity contribution in [2.45, 2.75) is 24.8 Å². The second-order valence-corrected chi connectivity index (χ2v) is 5.84. The van der Waals surface area contributed by atoms with E-state index < -0.39 is 10.8 Å². The summed E-state index contributed by atoms with van der Waals surface area (Å²) in [6.45, 7) is 4.09. The fourth-order valence-corrected chi connectivity index (χ4v) is 3.23. The van der Waals surface area contributed by atoms with Crippen LogP contribution in [0.15, 0.2) is 23.4 Å². The molecule has 1 aromatic heterocycles. The first-order valence-corrected chi connectivity index (χ1v) is 7.09. The van der Waals surface area contributed by atoms with Gasteiger partial charge < -0.3 is 5.32 Å². The monoisotopic (exact) mass is 238 g/mol. The van der Waals surface area contributed by atoms with Gasteiger partial charge in [0.1, 0.15) is 5.03 Å². The van der Waals surface area contributed by atoms with Crippen molar-refractivity contribution in [1.82, 2.24) is 10.3 Å². The van der Waals surface area contributed by atoms with Gasteiger partial charge in [-0.2, -0.15) is 0 Å². The molecule has 1 saturated heterocycles. The molecule has 0 amide bonds. The van der Waals surface area contributed by atoms with Gasteiger partial charge in [0.2, 0.25) is 0 Å². The van der Waals surface area contributed by atoms with Gasteiger partial charge in [0.05, 0.1) is 10.8 Å². The highest BCUT2D eigenvalue weighted by Crippen LogP contribution is 2.14. The normalized spacial score (nSPS) is 22.9. The summed E-state index contributed by atoms with van der Waals surface area (Å²) in [5.74, 6) is 1.28. The number of hydrogen-bond donors (Lipinski definition) is 1. The first-order chi connectivity index (χ1) is 7.75. The van der Waals surface area contributed by atoms with Gasteiger partial charge in [-0.3, -0.25) is 4.21 Å². The Hall–Kier alpha value is -0.740. The molecule has 2 rings (SSSR count).